The SMILES string of the molecule is C=C1CCC[C@]2(C)[C@H](O)c3occc3C[C@@H]12. The molecule has 1 fully saturated rings. The Bertz CT molecular complexity index is 432. The molecule has 3 atom stereocenters. The van der Waals surface area contributed by atoms with E-state index in [1.54, 1.807) is 6.26 Å². The van der Waals surface area contributed by atoms with Crippen LogP contribution in [-0.2, 0) is 6.42 Å². The fourth-order valence-corrected chi connectivity index (χ4v) is 3.49. The van der Waals surface area contributed by atoms with Crippen molar-refractivity contribution in [1.82, 2.24) is 0 Å². The highest BCUT2D eigenvalue weighted by atomic mass is 16.4. The third-order valence-corrected chi connectivity index (χ3v) is 4.58. The molecule has 0 spiro atoms. The van der Waals surface area contributed by atoms with Crippen molar-refractivity contribution in [3.05, 3.63) is 35.8 Å². The highest BCUT2D eigenvalue weighted by Crippen LogP contribution is 2.56. The molecule has 16 heavy (non-hydrogen) atoms. The Labute approximate surface area is 96.0 Å². The number of hydrogen-bond donors (Lipinski definition) is 1. The highest BCUT2D eigenvalue weighted by Gasteiger charge is 2.49. The summed E-state index contributed by atoms with van der Waals surface area (Å²) in [5, 5.41) is 10.5. The number of rotatable bonds is 0. The molecular formula is C14H18O2. The largest absolute Gasteiger partial charge is 0.466 e. The molecule has 86 valence electrons. The van der Waals surface area contributed by atoms with Crippen LogP contribution in [0.25, 0.3) is 0 Å². The lowest BCUT2D eigenvalue weighted by Crippen LogP contribution is -2.42. The molecule has 1 aromatic heterocycles. The van der Waals surface area contributed by atoms with Crippen LogP contribution < -0.4 is 0 Å². The van der Waals surface area contributed by atoms with Crippen LogP contribution in [-0.4, -0.2) is 5.11 Å². The second-order valence-corrected chi connectivity index (χ2v) is 5.49. The van der Waals surface area contributed by atoms with Gasteiger partial charge in [-0.1, -0.05) is 19.1 Å². The Morgan fingerprint density at radius 1 is 1.56 bits per heavy atom. The molecule has 1 heterocycles. The van der Waals surface area contributed by atoms with Crippen LogP contribution in [0.3, 0.4) is 0 Å². The van der Waals surface area contributed by atoms with E-state index in [1.165, 1.54) is 5.57 Å². The molecule has 0 bridgehead atoms. The molecule has 0 aliphatic heterocycles. The molecule has 0 aromatic carbocycles. The van der Waals surface area contributed by atoms with E-state index in [2.05, 4.69) is 13.5 Å². The van der Waals surface area contributed by atoms with Gasteiger partial charge in [0.1, 0.15) is 11.9 Å². The quantitative estimate of drug-likeness (QED) is 0.678. The lowest BCUT2D eigenvalue weighted by atomic mass is 9.58. The number of fused-ring (bicyclic) bond motifs is 2. The van der Waals surface area contributed by atoms with Gasteiger partial charge in [-0.05, 0) is 43.2 Å². The zero-order valence-electron chi connectivity index (χ0n) is 9.70. The van der Waals surface area contributed by atoms with Gasteiger partial charge >= 0.3 is 0 Å². The van der Waals surface area contributed by atoms with Gasteiger partial charge in [-0.25, -0.2) is 0 Å². The molecule has 2 aliphatic carbocycles. The third kappa shape index (κ3) is 1.17. The van der Waals surface area contributed by atoms with Crippen LogP contribution in [0, 0.1) is 11.3 Å². The molecule has 2 nitrogen and oxygen atoms in total. The van der Waals surface area contributed by atoms with Crippen molar-refractivity contribution in [2.45, 2.75) is 38.7 Å². The minimum absolute atomic E-state index is 0.0693. The van der Waals surface area contributed by atoms with E-state index in [-0.39, 0.29) is 5.41 Å². The van der Waals surface area contributed by atoms with Gasteiger partial charge < -0.3 is 9.52 Å². The molecule has 1 aromatic rings. The van der Waals surface area contributed by atoms with Crippen molar-refractivity contribution in [2.24, 2.45) is 11.3 Å². The Morgan fingerprint density at radius 2 is 2.38 bits per heavy atom. The summed E-state index contributed by atoms with van der Waals surface area (Å²) < 4.78 is 5.44. The summed E-state index contributed by atoms with van der Waals surface area (Å²) in [7, 11) is 0. The fraction of sp³-hybridized carbons (Fsp3) is 0.571. The lowest BCUT2D eigenvalue weighted by molar-refractivity contribution is -0.0404. The van der Waals surface area contributed by atoms with Gasteiger partial charge in [-0.3, -0.25) is 0 Å². The molecule has 0 saturated heterocycles. The number of aliphatic hydroxyl groups is 1. The van der Waals surface area contributed by atoms with Crippen molar-refractivity contribution in [1.29, 1.82) is 0 Å². The standard InChI is InChI=1S/C14H18O2/c1-9-4-3-6-14(2)11(9)8-10-5-7-16-12(10)13(14)15/h5,7,11,13,15H,1,3-4,6,8H2,2H3/t11-,13+,14-/m0/s1. The Balaban J connectivity index is 2.09. The van der Waals surface area contributed by atoms with Crippen molar-refractivity contribution in [2.75, 3.05) is 0 Å². The molecule has 0 radical (unpaired) electrons. The Kier molecular flexibility index (Phi) is 2.05. The normalized spacial score (nSPS) is 38.0. The van der Waals surface area contributed by atoms with E-state index in [9.17, 15) is 5.11 Å². The molecule has 0 amide bonds. The molecular weight excluding hydrogens is 200 g/mol. The van der Waals surface area contributed by atoms with Crippen LogP contribution in [0.4, 0.5) is 0 Å². The van der Waals surface area contributed by atoms with E-state index in [0.29, 0.717) is 5.92 Å². The van der Waals surface area contributed by atoms with Crippen LogP contribution >= 0.6 is 0 Å². The predicted molar refractivity (Wildman–Crippen MR) is 62.0 cm³/mol. The summed E-state index contributed by atoms with van der Waals surface area (Å²) in [6.45, 7) is 6.37. The van der Waals surface area contributed by atoms with E-state index in [1.807, 2.05) is 6.07 Å². The van der Waals surface area contributed by atoms with E-state index >= 15 is 0 Å². The third-order valence-electron chi connectivity index (χ3n) is 4.58. The van der Waals surface area contributed by atoms with Crippen molar-refractivity contribution < 1.29 is 9.52 Å². The van der Waals surface area contributed by atoms with Crippen molar-refractivity contribution >= 4 is 0 Å². The first-order chi connectivity index (χ1) is 7.63. The summed E-state index contributed by atoms with van der Waals surface area (Å²) in [5.74, 6) is 1.20. The van der Waals surface area contributed by atoms with Crippen LogP contribution in [0.5, 0.6) is 0 Å². The van der Waals surface area contributed by atoms with Crippen molar-refractivity contribution in [3.8, 4) is 0 Å². The molecule has 2 aliphatic rings. The number of aliphatic hydroxyl groups excluding tert-OH is 1. The van der Waals surface area contributed by atoms with Gasteiger partial charge in [0.2, 0.25) is 0 Å². The topological polar surface area (TPSA) is 33.4 Å². The zero-order chi connectivity index (χ0) is 11.3. The van der Waals surface area contributed by atoms with E-state index in [0.717, 1.165) is 37.0 Å². The lowest BCUT2D eigenvalue weighted by Gasteiger charge is -2.48. The second-order valence-electron chi connectivity index (χ2n) is 5.49. The van der Waals surface area contributed by atoms with Crippen LogP contribution in [0.1, 0.15) is 43.6 Å². The molecule has 0 unspecified atom stereocenters. The average Bonchev–Trinajstić information content (AvgIpc) is 2.70. The summed E-state index contributed by atoms with van der Waals surface area (Å²) in [6, 6.07) is 1.99. The summed E-state index contributed by atoms with van der Waals surface area (Å²) in [4.78, 5) is 0. The minimum Gasteiger partial charge on any atom is -0.466 e. The summed E-state index contributed by atoms with van der Waals surface area (Å²) in [6.07, 6.45) is 5.53. The van der Waals surface area contributed by atoms with E-state index in [4.69, 9.17) is 4.42 Å². The number of furan rings is 1. The second kappa shape index (κ2) is 3.24. The van der Waals surface area contributed by atoms with Gasteiger partial charge in [0.25, 0.3) is 0 Å². The van der Waals surface area contributed by atoms with Gasteiger partial charge in [-0.2, -0.15) is 0 Å². The van der Waals surface area contributed by atoms with Crippen LogP contribution in [0.2, 0.25) is 0 Å². The number of allylic oxidation sites excluding steroid dienone is 1. The maximum Gasteiger partial charge on any atom is 0.136 e. The zero-order valence-corrected chi connectivity index (χ0v) is 9.70. The first-order valence-corrected chi connectivity index (χ1v) is 6.05. The maximum absolute atomic E-state index is 10.5. The van der Waals surface area contributed by atoms with Gasteiger partial charge in [0.05, 0.1) is 6.26 Å². The minimum atomic E-state index is -0.465. The first-order valence-electron chi connectivity index (χ1n) is 6.05. The molecule has 2 heteroatoms. The van der Waals surface area contributed by atoms with Crippen molar-refractivity contribution in [3.63, 3.8) is 0 Å². The summed E-state index contributed by atoms with van der Waals surface area (Å²) >= 11 is 0. The Hall–Kier alpha value is -1.02. The summed E-state index contributed by atoms with van der Waals surface area (Å²) in [5.41, 5.74) is 2.40. The van der Waals surface area contributed by atoms with Gasteiger partial charge in [-0.15, -0.1) is 0 Å². The predicted octanol–water partition coefficient (Wildman–Crippen LogP) is 3.23. The maximum atomic E-state index is 10.5. The van der Waals surface area contributed by atoms with Crippen LogP contribution in [0.15, 0.2) is 28.9 Å². The molecule has 3 rings (SSSR count). The first kappa shape index (κ1) is 10.2. The smallest absolute Gasteiger partial charge is 0.136 e. The Morgan fingerprint density at radius 3 is 3.19 bits per heavy atom. The highest BCUT2D eigenvalue weighted by molar-refractivity contribution is 5.30. The monoisotopic (exact) mass is 218 g/mol. The van der Waals surface area contributed by atoms with Gasteiger partial charge in [0, 0.05) is 5.41 Å². The van der Waals surface area contributed by atoms with Gasteiger partial charge in [0.15, 0.2) is 0 Å². The fourth-order valence-electron chi connectivity index (χ4n) is 3.49. The molecule has 1 N–H and O–H groups in total. The number of hydrogen-bond acceptors (Lipinski definition) is 2. The average molecular weight is 218 g/mol. The molecule has 1 saturated carbocycles. The van der Waals surface area contributed by atoms with E-state index < -0.39 is 6.10 Å².